The Morgan fingerprint density at radius 2 is 2.04 bits per heavy atom. The molecule has 2 aliphatic heterocycles. The molecule has 5 heteroatoms. The number of pyridine rings is 1. The Balaban J connectivity index is 1.39. The molecule has 1 amide bonds. The van der Waals surface area contributed by atoms with Gasteiger partial charge >= 0.3 is 0 Å². The van der Waals surface area contributed by atoms with Crippen molar-refractivity contribution in [3.8, 4) is 0 Å². The fraction of sp³-hybridized carbons (Fsp3) is 0.400. The van der Waals surface area contributed by atoms with Crippen molar-refractivity contribution in [2.24, 2.45) is 0 Å². The lowest BCUT2D eigenvalue weighted by atomic mass is 9.99. The topological polar surface area (TPSA) is 45.7 Å². The third-order valence-corrected chi connectivity index (χ3v) is 5.00. The van der Waals surface area contributed by atoms with Gasteiger partial charge in [0, 0.05) is 45.1 Å². The molecule has 0 radical (unpaired) electrons. The number of hydrogen-bond donors (Lipinski definition) is 0. The molecule has 3 heterocycles. The van der Waals surface area contributed by atoms with Crippen molar-refractivity contribution in [3.63, 3.8) is 0 Å². The predicted octanol–water partition coefficient (Wildman–Crippen LogP) is 1.87. The molecule has 4 rings (SSSR count). The molecular formula is C20H23N3O2. The first-order chi connectivity index (χ1) is 12.3. The number of amides is 1. The van der Waals surface area contributed by atoms with E-state index in [-0.39, 0.29) is 12.0 Å². The molecule has 1 saturated heterocycles. The zero-order valence-electron chi connectivity index (χ0n) is 14.3. The van der Waals surface area contributed by atoms with Crippen LogP contribution in [-0.4, -0.2) is 53.0 Å². The first-order valence-corrected chi connectivity index (χ1v) is 8.88. The molecule has 0 saturated carbocycles. The molecule has 2 aromatic rings. The monoisotopic (exact) mass is 337 g/mol. The summed E-state index contributed by atoms with van der Waals surface area (Å²) in [4.78, 5) is 21.3. The van der Waals surface area contributed by atoms with E-state index in [9.17, 15) is 4.79 Å². The predicted molar refractivity (Wildman–Crippen MR) is 94.8 cm³/mol. The van der Waals surface area contributed by atoms with E-state index in [1.54, 1.807) is 6.20 Å². The lowest BCUT2D eigenvalue weighted by molar-refractivity contribution is -0.150. The van der Waals surface area contributed by atoms with Crippen LogP contribution in [0.1, 0.15) is 16.7 Å². The van der Waals surface area contributed by atoms with E-state index in [0.29, 0.717) is 19.7 Å². The zero-order chi connectivity index (χ0) is 17.1. The number of benzene rings is 1. The minimum atomic E-state index is -0.365. The Kier molecular flexibility index (Phi) is 4.76. The highest BCUT2D eigenvalue weighted by molar-refractivity contribution is 5.81. The number of carbonyl (C=O) groups excluding carboxylic acids is 1. The SMILES string of the molecule is O=C(C1CN(Cc2cccnc2)CCO1)N1CCc2ccccc2C1. The van der Waals surface area contributed by atoms with Crippen molar-refractivity contribution >= 4 is 5.91 Å². The average molecular weight is 337 g/mol. The molecule has 1 aromatic carbocycles. The third kappa shape index (κ3) is 3.72. The molecule has 0 N–H and O–H groups in total. The number of carbonyl (C=O) groups is 1. The van der Waals surface area contributed by atoms with Gasteiger partial charge in [0.15, 0.2) is 0 Å². The number of morpholine rings is 1. The van der Waals surface area contributed by atoms with Gasteiger partial charge in [-0.05, 0) is 29.2 Å². The maximum Gasteiger partial charge on any atom is 0.253 e. The summed E-state index contributed by atoms with van der Waals surface area (Å²) in [6.45, 7) is 4.37. The van der Waals surface area contributed by atoms with Gasteiger partial charge in [-0.15, -0.1) is 0 Å². The molecule has 1 atom stereocenters. The number of aromatic nitrogens is 1. The molecule has 0 bridgehead atoms. The second-order valence-electron chi connectivity index (χ2n) is 6.73. The highest BCUT2D eigenvalue weighted by Crippen LogP contribution is 2.20. The summed E-state index contributed by atoms with van der Waals surface area (Å²) in [6.07, 6.45) is 4.22. The van der Waals surface area contributed by atoms with Crippen LogP contribution >= 0.6 is 0 Å². The van der Waals surface area contributed by atoms with Crippen molar-refractivity contribution in [3.05, 3.63) is 65.5 Å². The summed E-state index contributed by atoms with van der Waals surface area (Å²) in [5.74, 6) is 0.116. The lowest BCUT2D eigenvalue weighted by Crippen LogP contribution is -2.51. The van der Waals surface area contributed by atoms with Crippen molar-refractivity contribution < 1.29 is 9.53 Å². The summed E-state index contributed by atoms with van der Waals surface area (Å²) in [5, 5.41) is 0. The van der Waals surface area contributed by atoms with Gasteiger partial charge in [-0.2, -0.15) is 0 Å². The second-order valence-corrected chi connectivity index (χ2v) is 6.73. The number of hydrogen-bond acceptors (Lipinski definition) is 4. The minimum Gasteiger partial charge on any atom is -0.366 e. The Bertz CT molecular complexity index is 735. The van der Waals surface area contributed by atoms with Gasteiger partial charge in [-0.3, -0.25) is 14.7 Å². The fourth-order valence-electron chi connectivity index (χ4n) is 3.63. The highest BCUT2D eigenvalue weighted by atomic mass is 16.5. The van der Waals surface area contributed by atoms with Crippen LogP contribution in [0.15, 0.2) is 48.8 Å². The van der Waals surface area contributed by atoms with Gasteiger partial charge in [0.25, 0.3) is 5.91 Å². The number of nitrogens with zero attached hydrogens (tertiary/aromatic N) is 3. The number of fused-ring (bicyclic) bond motifs is 1. The van der Waals surface area contributed by atoms with Crippen LogP contribution < -0.4 is 0 Å². The van der Waals surface area contributed by atoms with Gasteiger partial charge in [0.1, 0.15) is 6.10 Å². The van der Waals surface area contributed by atoms with Gasteiger partial charge in [-0.25, -0.2) is 0 Å². The van der Waals surface area contributed by atoms with Gasteiger partial charge in [0.2, 0.25) is 0 Å². The van der Waals surface area contributed by atoms with E-state index in [1.807, 2.05) is 23.2 Å². The Labute approximate surface area is 148 Å². The van der Waals surface area contributed by atoms with Crippen LogP contribution in [0.4, 0.5) is 0 Å². The van der Waals surface area contributed by atoms with E-state index >= 15 is 0 Å². The second kappa shape index (κ2) is 7.33. The third-order valence-electron chi connectivity index (χ3n) is 5.00. The fourth-order valence-corrected chi connectivity index (χ4v) is 3.63. The molecule has 130 valence electrons. The molecule has 1 unspecified atom stereocenters. The maximum atomic E-state index is 12.9. The zero-order valence-corrected chi connectivity index (χ0v) is 14.3. The van der Waals surface area contributed by atoms with Crippen molar-refractivity contribution in [2.45, 2.75) is 25.6 Å². The van der Waals surface area contributed by atoms with Crippen molar-refractivity contribution in [1.82, 2.24) is 14.8 Å². The van der Waals surface area contributed by atoms with Crippen LogP contribution in [0.5, 0.6) is 0 Å². The maximum absolute atomic E-state index is 12.9. The molecule has 25 heavy (non-hydrogen) atoms. The van der Waals surface area contributed by atoms with Crippen LogP contribution in [0.3, 0.4) is 0 Å². The van der Waals surface area contributed by atoms with Gasteiger partial charge < -0.3 is 9.64 Å². The standard InChI is InChI=1S/C20H23N3O2/c24-20(23-9-7-17-5-1-2-6-18(17)14-23)19-15-22(10-11-25-19)13-16-4-3-8-21-12-16/h1-6,8,12,19H,7,9-11,13-15H2. The molecule has 1 fully saturated rings. The molecule has 0 spiro atoms. The first kappa shape index (κ1) is 16.2. The van der Waals surface area contributed by atoms with Crippen LogP contribution in [0.25, 0.3) is 0 Å². The van der Waals surface area contributed by atoms with Crippen LogP contribution in [0.2, 0.25) is 0 Å². The van der Waals surface area contributed by atoms with Crippen molar-refractivity contribution in [2.75, 3.05) is 26.2 Å². The van der Waals surface area contributed by atoms with E-state index in [2.05, 4.69) is 34.1 Å². The summed E-state index contributed by atoms with van der Waals surface area (Å²) in [6, 6.07) is 12.4. The molecule has 0 aliphatic carbocycles. The molecule has 1 aromatic heterocycles. The van der Waals surface area contributed by atoms with E-state index in [1.165, 1.54) is 16.7 Å². The lowest BCUT2D eigenvalue weighted by Gasteiger charge is -2.36. The normalized spacial score (nSPS) is 21.0. The van der Waals surface area contributed by atoms with E-state index in [4.69, 9.17) is 4.74 Å². The number of rotatable bonds is 3. The average Bonchev–Trinajstić information content (AvgIpc) is 2.68. The van der Waals surface area contributed by atoms with Crippen LogP contribution in [0, 0.1) is 0 Å². The Hall–Kier alpha value is -2.24. The molecular weight excluding hydrogens is 314 g/mol. The highest BCUT2D eigenvalue weighted by Gasteiger charge is 2.31. The van der Waals surface area contributed by atoms with Crippen molar-refractivity contribution in [1.29, 1.82) is 0 Å². The molecule has 2 aliphatic rings. The summed E-state index contributed by atoms with van der Waals surface area (Å²) >= 11 is 0. The first-order valence-electron chi connectivity index (χ1n) is 8.88. The van der Waals surface area contributed by atoms with Crippen LogP contribution in [-0.2, 0) is 29.0 Å². The Morgan fingerprint density at radius 3 is 2.88 bits per heavy atom. The largest absolute Gasteiger partial charge is 0.366 e. The minimum absolute atomic E-state index is 0.116. The smallest absolute Gasteiger partial charge is 0.253 e. The molecule has 5 nitrogen and oxygen atoms in total. The quantitative estimate of drug-likeness (QED) is 0.858. The van der Waals surface area contributed by atoms with Gasteiger partial charge in [0.05, 0.1) is 6.61 Å². The Morgan fingerprint density at radius 1 is 1.16 bits per heavy atom. The summed E-state index contributed by atoms with van der Waals surface area (Å²) < 4.78 is 5.80. The van der Waals surface area contributed by atoms with E-state index < -0.39 is 0 Å². The van der Waals surface area contributed by atoms with E-state index in [0.717, 1.165) is 26.1 Å². The summed E-state index contributed by atoms with van der Waals surface area (Å²) in [5.41, 5.74) is 3.78. The number of ether oxygens (including phenoxy) is 1. The summed E-state index contributed by atoms with van der Waals surface area (Å²) in [7, 11) is 0. The van der Waals surface area contributed by atoms with Gasteiger partial charge in [-0.1, -0.05) is 30.3 Å².